The Morgan fingerprint density at radius 3 is 2.89 bits per heavy atom. The van der Waals surface area contributed by atoms with Crippen LogP contribution in [0.15, 0.2) is 29.0 Å². The van der Waals surface area contributed by atoms with E-state index in [1.54, 1.807) is 6.20 Å². The molecule has 0 radical (unpaired) electrons. The van der Waals surface area contributed by atoms with Gasteiger partial charge in [0.05, 0.1) is 12.1 Å². The average Bonchev–Trinajstić information content (AvgIpc) is 2.98. The highest BCUT2D eigenvalue weighted by Gasteiger charge is 2.10. The maximum absolute atomic E-state index is 11.2. The van der Waals surface area contributed by atoms with Gasteiger partial charge in [0, 0.05) is 6.20 Å². The van der Waals surface area contributed by atoms with Crippen LogP contribution in [-0.2, 0) is 6.54 Å². The van der Waals surface area contributed by atoms with Gasteiger partial charge < -0.3 is 10.2 Å². The van der Waals surface area contributed by atoms with Gasteiger partial charge in [0.15, 0.2) is 0 Å². The van der Waals surface area contributed by atoms with E-state index in [1.807, 2.05) is 5.43 Å². The molecule has 8 heteroatoms. The number of aromatic nitrogens is 2. The lowest BCUT2D eigenvalue weighted by molar-refractivity contribution is 0.0951. The number of nitrogens with two attached hydrogens (primary N) is 2. The number of hydrogen-bond acceptors (Lipinski definition) is 5. The number of rotatable bonds is 4. The smallest absolute Gasteiger partial charge is 0.269 e. The van der Waals surface area contributed by atoms with Crippen molar-refractivity contribution in [2.45, 2.75) is 6.54 Å². The van der Waals surface area contributed by atoms with E-state index >= 15 is 0 Å². The first-order valence-corrected chi connectivity index (χ1v) is 5.02. The van der Waals surface area contributed by atoms with E-state index in [2.05, 4.69) is 5.10 Å². The van der Waals surface area contributed by atoms with Crippen LogP contribution in [0.2, 0.25) is 0 Å². The van der Waals surface area contributed by atoms with Gasteiger partial charge in [0.25, 0.3) is 11.8 Å². The van der Waals surface area contributed by atoms with Gasteiger partial charge in [-0.15, -0.1) is 0 Å². The molecule has 0 aliphatic carbocycles. The van der Waals surface area contributed by atoms with Gasteiger partial charge in [-0.05, 0) is 12.1 Å². The minimum atomic E-state index is -0.601. The standard InChI is InChI=1S/C10H11N5O3/c11-9(16)8-1-2-15(14-8)4-7-3-6(5-18-7)10(17)13-12/h1-3,5H,4,12H2,(H2,11,16)(H,13,17). The fourth-order valence-electron chi connectivity index (χ4n) is 1.41. The van der Waals surface area contributed by atoms with Crippen LogP contribution >= 0.6 is 0 Å². The number of primary amides is 1. The maximum atomic E-state index is 11.2. The van der Waals surface area contributed by atoms with Gasteiger partial charge >= 0.3 is 0 Å². The predicted molar refractivity (Wildman–Crippen MR) is 60.2 cm³/mol. The number of hydrogen-bond donors (Lipinski definition) is 3. The molecule has 8 nitrogen and oxygen atoms in total. The highest BCUT2D eigenvalue weighted by atomic mass is 16.3. The molecule has 0 atom stereocenters. The molecule has 0 unspecified atom stereocenters. The van der Waals surface area contributed by atoms with Crippen molar-refractivity contribution < 1.29 is 14.0 Å². The van der Waals surface area contributed by atoms with Gasteiger partial charge in [0.1, 0.15) is 17.7 Å². The summed E-state index contributed by atoms with van der Waals surface area (Å²) in [6, 6.07) is 3.03. The van der Waals surface area contributed by atoms with Crippen molar-refractivity contribution in [2.75, 3.05) is 0 Å². The molecule has 2 rings (SSSR count). The molecule has 0 aliphatic rings. The Morgan fingerprint density at radius 1 is 1.50 bits per heavy atom. The zero-order chi connectivity index (χ0) is 13.1. The number of carbonyl (C=O) groups excluding carboxylic acids is 2. The molecule has 94 valence electrons. The second-order valence-electron chi connectivity index (χ2n) is 3.54. The summed E-state index contributed by atoms with van der Waals surface area (Å²) >= 11 is 0. The van der Waals surface area contributed by atoms with E-state index in [4.69, 9.17) is 16.0 Å². The van der Waals surface area contributed by atoms with Crippen LogP contribution in [0.4, 0.5) is 0 Å². The molecule has 0 aliphatic heterocycles. The zero-order valence-corrected chi connectivity index (χ0v) is 9.29. The number of amides is 2. The molecular formula is C10H11N5O3. The van der Waals surface area contributed by atoms with Crippen LogP contribution in [0.5, 0.6) is 0 Å². The second kappa shape index (κ2) is 4.72. The van der Waals surface area contributed by atoms with Crippen molar-refractivity contribution in [3.63, 3.8) is 0 Å². The first-order valence-electron chi connectivity index (χ1n) is 5.02. The third kappa shape index (κ3) is 2.38. The molecule has 0 aromatic carbocycles. The van der Waals surface area contributed by atoms with Gasteiger partial charge in [-0.2, -0.15) is 5.10 Å². The molecule has 2 amide bonds. The Hall–Kier alpha value is -2.61. The summed E-state index contributed by atoms with van der Waals surface area (Å²) in [7, 11) is 0. The highest BCUT2D eigenvalue weighted by Crippen LogP contribution is 2.09. The average molecular weight is 249 g/mol. The summed E-state index contributed by atoms with van der Waals surface area (Å²) in [5.41, 5.74) is 7.55. The van der Waals surface area contributed by atoms with Crippen LogP contribution in [0, 0.1) is 0 Å². The number of nitrogens with one attached hydrogen (secondary N) is 1. The third-order valence-corrected chi connectivity index (χ3v) is 2.26. The van der Waals surface area contributed by atoms with E-state index in [9.17, 15) is 9.59 Å². The lowest BCUT2D eigenvalue weighted by Gasteiger charge is -1.96. The van der Waals surface area contributed by atoms with Crippen LogP contribution in [-0.4, -0.2) is 21.6 Å². The molecule has 0 bridgehead atoms. The highest BCUT2D eigenvalue weighted by molar-refractivity contribution is 5.93. The van der Waals surface area contributed by atoms with E-state index in [0.29, 0.717) is 11.3 Å². The Morgan fingerprint density at radius 2 is 2.28 bits per heavy atom. The number of carbonyl (C=O) groups is 2. The summed E-state index contributed by atoms with van der Waals surface area (Å²) in [6.07, 6.45) is 2.88. The second-order valence-corrected chi connectivity index (χ2v) is 3.54. The van der Waals surface area contributed by atoms with Crippen molar-refractivity contribution in [1.82, 2.24) is 15.2 Å². The SMILES string of the molecule is NNC(=O)c1coc(Cn2ccc(C(N)=O)n2)c1. The van der Waals surface area contributed by atoms with Crippen molar-refractivity contribution in [2.24, 2.45) is 11.6 Å². The van der Waals surface area contributed by atoms with E-state index in [-0.39, 0.29) is 12.2 Å². The van der Waals surface area contributed by atoms with Crippen molar-refractivity contribution in [1.29, 1.82) is 0 Å². The fraction of sp³-hybridized carbons (Fsp3) is 0.100. The molecule has 18 heavy (non-hydrogen) atoms. The van der Waals surface area contributed by atoms with E-state index < -0.39 is 11.8 Å². The quantitative estimate of drug-likeness (QED) is 0.372. The van der Waals surface area contributed by atoms with Gasteiger partial charge in [-0.1, -0.05) is 0 Å². The Balaban J connectivity index is 2.11. The van der Waals surface area contributed by atoms with Crippen LogP contribution in [0.1, 0.15) is 26.6 Å². The fourth-order valence-corrected chi connectivity index (χ4v) is 1.41. The Bertz CT molecular complexity index is 586. The minimum Gasteiger partial charge on any atom is -0.467 e. The lowest BCUT2D eigenvalue weighted by atomic mass is 10.3. The molecule has 2 heterocycles. The van der Waals surface area contributed by atoms with Crippen LogP contribution in [0.25, 0.3) is 0 Å². The third-order valence-electron chi connectivity index (χ3n) is 2.26. The summed E-state index contributed by atoms with van der Waals surface area (Å²) in [6.45, 7) is 0.283. The largest absolute Gasteiger partial charge is 0.467 e. The molecule has 2 aromatic heterocycles. The summed E-state index contributed by atoms with van der Waals surface area (Å²) in [5.74, 6) is 4.46. The van der Waals surface area contributed by atoms with Crippen LogP contribution < -0.4 is 17.0 Å². The molecule has 0 saturated carbocycles. The number of furan rings is 1. The monoisotopic (exact) mass is 249 g/mol. The molecule has 0 spiro atoms. The van der Waals surface area contributed by atoms with Gasteiger partial charge in [-0.3, -0.25) is 19.7 Å². The number of nitrogen functional groups attached to an aromatic ring is 1. The first-order chi connectivity index (χ1) is 8.60. The van der Waals surface area contributed by atoms with Crippen LogP contribution in [0.3, 0.4) is 0 Å². The molecule has 5 N–H and O–H groups in total. The van der Waals surface area contributed by atoms with Gasteiger partial charge in [0.2, 0.25) is 0 Å². The Kier molecular flexibility index (Phi) is 3.11. The number of hydrazine groups is 1. The Labute approximate surface area is 102 Å². The predicted octanol–water partition coefficient (Wildman–Crippen LogP) is -0.773. The molecule has 2 aromatic rings. The summed E-state index contributed by atoms with van der Waals surface area (Å²) in [4.78, 5) is 22.0. The summed E-state index contributed by atoms with van der Waals surface area (Å²) in [5, 5.41) is 3.94. The molecular weight excluding hydrogens is 238 g/mol. The molecule has 0 fully saturated rings. The number of nitrogens with zero attached hydrogens (tertiary/aromatic N) is 2. The van der Waals surface area contributed by atoms with Gasteiger partial charge in [-0.25, -0.2) is 5.84 Å². The van der Waals surface area contributed by atoms with Crippen molar-refractivity contribution in [3.8, 4) is 0 Å². The van der Waals surface area contributed by atoms with E-state index in [0.717, 1.165) is 0 Å². The molecule has 0 saturated heterocycles. The normalized spacial score (nSPS) is 10.3. The van der Waals surface area contributed by atoms with Crippen molar-refractivity contribution >= 4 is 11.8 Å². The topological polar surface area (TPSA) is 129 Å². The first kappa shape index (κ1) is 11.9. The lowest BCUT2D eigenvalue weighted by Crippen LogP contribution is -2.29. The van der Waals surface area contributed by atoms with Crippen molar-refractivity contribution in [3.05, 3.63) is 41.6 Å². The van der Waals surface area contributed by atoms with E-state index in [1.165, 1.54) is 23.1 Å². The maximum Gasteiger partial charge on any atom is 0.269 e. The summed E-state index contributed by atoms with van der Waals surface area (Å²) < 4.78 is 6.64. The minimum absolute atomic E-state index is 0.168. The zero-order valence-electron chi connectivity index (χ0n) is 9.29.